The van der Waals surface area contributed by atoms with Gasteiger partial charge in [-0.1, -0.05) is 6.07 Å². The van der Waals surface area contributed by atoms with Crippen molar-refractivity contribution in [2.75, 3.05) is 18.5 Å². The molecule has 6 nitrogen and oxygen atoms in total. The van der Waals surface area contributed by atoms with Crippen LogP contribution >= 0.6 is 0 Å². The van der Waals surface area contributed by atoms with Crippen molar-refractivity contribution in [2.24, 2.45) is 0 Å². The first-order chi connectivity index (χ1) is 7.29. The highest BCUT2D eigenvalue weighted by Crippen LogP contribution is 2.03. The van der Waals surface area contributed by atoms with Crippen LogP contribution in [0.4, 0.5) is 5.95 Å². The van der Waals surface area contributed by atoms with Crippen LogP contribution in [0.1, 0.15) is 0 Å². The minimum absolute atomic E-state index is 0.230. The number of aliphatic hydroxyl groups excluding tert-OH is 2. The summed E-state index contributed by atoms with van der Waals surface area (Å²) in [5, 5.41) is 24.7. The maximum Gasteiger partial charge on any atom is 0.243 e. The molecule has 0 aliphatic heterocycles. The predicted molar refractivity (Wildman–Crippen MR) is 54.6 cm³/mol. The third-order valence-corrected chi connectivity index (χ3v) is 1.95. The van der Waals surface area contributed by atoms with Crippen molar-refractivity contribution in [1.29, 1.82) is 0 Å². The molecule has 0 saturated carbocycles. The molecule has 1 atom stereocenters. The summed E-state index contributed by atoms with van der Waals surface area (Å²) in [4.78, 5) is 4.17. The highest BCUT2D eigenvalue weighted by molar-refractivity contribution is 5.42. The van der Waals surface area contributed by atoms with Gasteiger partial charge in [0.1, 0.15) is 0 Å². The topological polar surface area (TPSA) is 82.7 Å². The summed E-state index contributed by atoms with van der Waals surface area (Å²) in [7, 11) is 0. The number of hydrogen-bond donors (Lipinski definition) is 3. The Balaban J connectivity index is 2.09. The molecule has 0 fully saturated rings. The van der Waals surface area contributed by atoms with Crippen LogP contribution in [-0.4, -0.2) is 44.1 Å². The van der Waals surface area contributed by atoms with Gasteiger partial charge in [0.05, 0.1) is 12.7 Å². The van der Waals surface area contributed by atoms with Gasteiger partial charge in [-0.15, -0.1) is 5.10 Å². The first-order valence-electron chi connectivity index (χ1n) is 4.64. The Labute approximate surface area is 86.2 Å². The minimum Gasteiger partial charge on any atom is -0.394 e. The molecule has 0 saturated heterocycles. The van der Waals surface area contributed by atoms with E-state index in [9.17, 15) is 0 Å². The summed E-state index contributed by atoms with van der Waals surface area (Å²) in [6.07, 6.45) is 0.993. The number of aromatic nitrogens is 3. The van der Waals surface area contributed by atoms with Crippen LogP contribution in [0.5, 0.6) is 0 Å². The maximum absolute atomic E-state index is 9.12. The zero-order chi connectivity index (χ0) is 10.7. The van der Waals surface area contributed by atoms with Crippen molar-refractivity contribution < 1.29 is 10.2 Å². The normalized spacial score (nSPS) is 12.9. The molecule has 0 radical (unpaired) electrons. The highest BCUT2D eigenvalue weighted by atomic mass is 16.3. The largest absolute Gasteiger partial charge is 0.394 e. The van der Waals surface area contributed by atoms with E-state index >= 15 is 0 Å². The third-order valence-electron chi connectivity index (χ3n) is 1.95. The zero-order valence-corrected chi connectivity index (χ0v) is 8.04. The number of fused-ring (bicyclic) bond motifs is 1. The second-order valence-corrected chi connectivity index (χ2v) is 3.16. The minimum atomic E-state index is -0.795. The molecule has 0 aliphatic rings. The molecule has 0 aliphatic carbocycles. The molecule has 0 bridgehead atoms. The van der Waals surface area contributed by atoms with Crippen molar-refractivity contribution >= 4 is 11.6 Å². The average molecular weight is 208 g/mol. The number of pyridine rings is 1. The predicted octanol–water partition coefficient (Wildman–Crippen LogP) is -0.506. The second-order valence-electron chi connectivity index (χ2n) is 3.16. The number of rotatable bonds is 4. The van der Waals surface area contributed by atoms with Gasteiger partial charge < -0.3 is 15.5 Å². The van der Waals surface area contributed by atoms with Gasteiger partial charge in [0, 0.05) is 12.7 Å². The van der Waals surface area contributed by atoms with Crippen molar-refractivity contribution in [2.45, 2.75) is 6.10 Å². The van der Waals surface area contributed by atoms with Gasteiger partial charge in [-0.3, -0.25) is 0 Å². The maximum atomic E-state index is 9.12. The molecule has 2 heterocycles. The van der Waals surface area contributed by atoms with Crippen LogP contribution in [0, 0.1) is 0 Å². The Hall–Kier alpha value is -1.66. The lowest BCUT2D eigenvalue weighted by Gasteiger charge is -2.05. The standard InChI is InChI=1S/C9H12N4O2/c14-6-7(15)5-10-9-11-8-3-1-2-4-13(8)12-9/h1-4,7,14-15H,5-6H2,(H,10,12). The summed E-state index contributed by atoms with van der Waals surface area (Å²) in [6, 6.07) is 5.56. The Morgan fingerprint density at radius 3 is 3.07 bits per heavy atom. The lowest BCUT2D eigenvalue weighted by Crippen LogP contribution is -2.23. The summed E-state index contributed by atoms with van der Waals surface area (Å²) >= 11 is 0. The van der Waals surface area contributed by atoms with Crippen molar-refractivity contribution in [1.82, 2.24) is 14.6 Å². The van der Waals surface area contributed by atoms with Crippen LogP contribution in [0.2, 0.25) is 0 Å². The number of aliphatic hydroxyl groups is 2. The summed E-state index contributed by atoms with van der Waals surface area (Å²) in [6.45, 7) is -0.0479. The fraction of sp³-hybridized carbons (Fsp3) is 0.333. The van der Waals surface area contributed by atoms with E-state index in [1.165, 1.54) is 0 Å². The van der Waals surface area contributed by atoms with E-state index in [-0.39, 0.29) is 13.2 Å². The van der Waals surface area contributed by atoms with E-state index < -0.39 is 6.10 Å². The molecule has 6 heteroatoms. The van der Waals surface area contributed by atoms with E-state index in [0.29, 0.717) is 5.95 Å². The fourth-order valence-electron chi connectivity index (χ4n) is 1.18. The van der Waals surface area contributed by atoms with Gasteiger partial charge in [0.25, 0.3) is 0 Å². The van der Waals surface area contributed by atoms with Gasteiger partial charge >= 0.3 is 0 Å². The molecule has 3 N–H and O–H groups in total. The van der Waals surface area contributed by atoms with E-state index in [4.69, 9.17) is 10.2 Å². The van der Waals surface area contributed by atoms with Gasteiger partial charge in [0.2, 0.25) is 5.95 Å². The van der Waals surface area contributed by atoms with Crippen LogP contribution in [0.15, 0.2) is 24.4 Å². The SMILES string of the molecule is OCC(O)CNc1nc2ccccn2n1. The highest BCUT2D eigenvalue weighted by Gasteiger charge is 2.05. The quantitative estimate of drug-likeness (QED) is 0.630. The number of nitrogens with zero attached hydrogens (tertiary/aromatic N) is 3. The summed E-state index contributed by atoms with van der Waals surface area (Å²) < 4.78 is 1.63. The van der Waals surface area contributed by atoms with Crippen molar-refractivity contribution in [3.05, 3.63) is 24.4 Å². The number of hydrogen-bond acceptors (Lipinski definition) is 5. The Bertz CT molecular complexity index is 409. The Kier molecular flexibility index (Phi) is 2.79. The number of nitrogens with one attached hydrogen (secondary N) is 1. The van der Waals surface area contributed by atoms with Gasteiger partial charge in [-0.2, -0.15) is 4.98 Å². The summed E-state index contributed by atoms with van der Waals surface area (Å²) in [5.74, 6) is 0.439. The van der Waals surface area contributed by atoms with E-state index in [2.05, 4.69) is 15.4 Å². The molecule has 2 aromatic heterocycles. The number of anilines is 1. The van der Waals surface area contributed by atoms with Crippen LogP contribution < -0.4 is 5.32 Å². The van der Waals surface area contributed by atoms with E-state index in [0.717, 1.165) is 5.65 Å². The molecular formula is C9H12N4O2. The van der Waals surface area contributed by atoms with Crippen LogP contribution in [0.25, 0.3) is 5.65 Å². The molecule has 2 aromatic rings. The molecule has 1 unspecified atom stereocenters. The second kappa shape index (κ2) is 4.24. The van der Waals surface area contributed by atoms with E-state index in [1.807, 2.05) is 18.2 Å². The van der Waals surface area contributed by atoms with Gasteiger partial charge in [-0.05, 0) is 12.1 Å². The van der Waals surface area contributed by atoms with Crippen LogP contribution in [-0.2, 0) is 0 Å². The molecule has 80 valence electrons. The molecule has 0 amide bonds. The smallest absolute Gasteiger partial charge is 0.243 e. The Morgan fingerprint density at radius 1 is 1.47 bits per heavy atom. The third kappa shape index (κ3) is 2.23. The molecule has 0 aromatic carbocycles. The van der Waals surface area contributed by atoms with E-state index in [1.54, 1.807) is 10.7 Å². The summed E-state index contributed by atoms with van der Waals surface area (Å²) in [5.41, 5.74) is 0.735. The first kappa shape index (κ1) is 9.88. The molecule has 15 heavy (non-hydrogen) atoms. The van der Waals surface area contributed by atoms with Gasteiger partial charge in [-0.25, -0.2) is 4.52 Å². The average Bonchev–Trinajstić information content (AvgIpc) is 2.68. The fourth-order valence-corrected chi connectivity index (χ4v) is 1.18. The molecule has 2 rings (SSSR count). The first-order valence-corrected chi connectivity index (χ1v) is 4.64. The van der Waals surface area contributed by atoms with Crippen molar-refractivity contribution in [3.63, 3.8) is 0 Å². The zero-order valence-electron chi connectivity index (χ0n) is 8.04. The van der Waals surface area contributed by atoms with Gasteiger partial charge in [0.15, 0.2) is 5.65 Å². The Morgan fingerprint density at radius 2 is 2.33 bits per heavy atom. The monoisotopic (exact) mass is 208 g/mol. The van der Waals surface area contributed by atoms with Crippen LogP contribution in [0.3, 0.4) is 0 Å². The van der Waals surface area contributed by atoms with Crippen molar-refractivity contribution in [3.8, 4) is 0 Å². The lowest BCUT2D eigenvalue weighted by molar-refractivity contribution is 0.105. The lowest BCUT2D eigenvalue weighted by atomic mass is 10.4. The molecule has 0 spiro atoms. The molecular weight excluding hydrogens is 196 g/mol.